The van der Waals surface area contributed by atoms with Crippen molar-refractivity contribution in [1.82, 2.24) is 10.2 Å². The third kappa shape index (κ3) is 3.60. The Hall–Kier alpha value is -1.83. The summed E-state index contributed by atoms with van der Waals surface area (Å²) in [7, 11) is 0. The second-order valence-electron chi connectivity index (χ2n) is 5.11. The lowest BCUT2D eigenvalue weighted by atomic mass is 9.97. The number of amides is 3. The fourth-order valence-electron chi connectivity index (χ4n) is 2.31. The molecule has 4 atom stereocenters. The molecule has 5 N–H and O–H groups in total. The summed E-state index contributed by atoms with van der Waals surface area (Å²) in [4.78, 5) is 35.7. The van der Waals surface area contributed by atoms with Crippen molar-refractivity contribution in [2.75, 3.05) is 6.54 Å². The van der Waals surface area contributed by atoms with Gasteiger partial charge in [0.1, 0.15) is 12.1 Å². The van der Waals surface area contributed by atoms with Crippen molar-refractivity contribution in [2.24, 2.45) is 11.7 Å². The molecule has 1 heterocycles. The summed E-state index contributed by atoms with van der Waals surface area (Å²) in [5, 5.41) is 21.0. The lowest BCUT2D eigenvalue weighted by molar-refractivity contribution is -0.149. The fraction of sp³-hybridized carbons (Fsp3) is 0.750. The maximum atomic E-state index is 12.4. The highest BCUT2D eigenvalue weighted by Gasteiger charge is 2.42. The molecule has 114 valence electrons. The van der Waals surface area contributed by atoms with E-state index in [1.165, 1.54) is 0 Å². The van der Waals surface area contributed by atoms with Gasteiger partial charge in [-0.25, -0.2) is 9.59 Å². The molecule has 0 aromatic rings. The largest absolute Gasteiger partial charge is 0.480 e. The number of aliphatic carboxylic acids is 1. The topological polar surface area (TPSA) is 133 Å². The number of primary amides is 1. The van der Waals surface area contributed by atoms with Crippen molar-refractivity contribution >= 4 is 17.9 Å². The molecule has 0 saturated carbocycles. The number of nitrogens with one attached hydrogen (secondary N) is 1. The Kier molecular flexibility index (Phi) is 5.32. The zero-order valence-electron chi connectivity index (χ0n) is 11.6. The van der Waals surface area contributed by atoms with E-state index in [1.807, 2.05) is 6.92 Å². The molecular weight excluding hydrogens is 266 g/mol. The van der Waals surface area contributed by atoms with Crippen LogP contribution >= 0.6 is 0 Å². The quantitative estimate of drug-likeness (QED) is 0.521. The molecule has 1 fully saturated rings. The van der Waals surface area contributed by atoms with Gasteiger partial charge in [-0.05, 0) is 5.92 Å². The molecule has 3 amide bonds. The normalized spacial score (nSPS) is 25.1. The van der Waals surface area contributed by atoms with Crippen molar-refractivity contribution < 1.29 is 24.6 Å². The predicted molar refractivity (Wildman–Crippen MR) is 69.7 cm³/mol. The average molecular weight is 287 g/mol. The molecule has 8 heteroatoms. The molecule has 1 aliphatic rings. The minimum absolute atomic E-state index is 0.00906. The maximum Gasteiger partial charge on any atom is 0.326 e. The number of carbonyl (C=O) groups is 3. The number of aliphatic hydroxyl groups excluding tert-OH is 1. The van der Waals surface area contributed by atoms with Crippen LogP contribution < -0.4 is 11.1 Å². The van der Waals surface area contributed by atoms with Crippen LogP contribution in [0.1, 0.15) is 26.7 Å². The van der Waals surface area contributed by atoms with Crippen LogP contribution in [0.3, 0.4) is 0 Å². The first-order chi connectivity index (χ1) is 9.27. The Balaban J connectivity index is 2.92. The Morgan fingerprint density at radius 2 is 2.05 bits per heavy atom. The van der Waals surface area contributed by atoms with Gasteiger partial charge in [0.15, 0.2) is 0 Å². The van der Waals surface area contributed by atoms with Crippen LogP contribution in [0.2, 0.25) is 0 Å². The van der Waals surface area contributed by atoms with Crippen LogP contribution in [0.25, 0.3) is 0 Å². The summed E-state index contributed by atoms with van der Waals surface area (Å²) in [5.74, 6) is -1.89. The van der Waals surface area contributed by atoms with Crippen molar-refractivity contribution in [3.05, 3.63) is 0 Å². The maximum absolute atomic E-state index is 12.4. The number of β-amino-alcohol motifs (C(OH)–C–C–N with tert-alkyl or cyclic N) is 1. The van der Waals surface area contributed by atoms with Gasteiger partial charge in [0.05, 0.1) is 6.10 Å². The fourth-order valence-corrected chi connectivity index (χ4v) is 2.31. The zero-order valence-corrected chi connectivity index (χ0v) is 11.6. The van der Waals surface area contributed by atoms with E-state index in [0.29, 0.717) is 6.42 Å². The number of rotatable bonds is 5. The molecule has 0 radical (unpaired) electrons. The van der Waals surface area contributed by atoms with E-state index in [1.54, 1.807) is 6.92 Å². The summed E-state index contributed by atoms with van der Waals surface area (Å²) in [6.07, 6.45) is -0.262. The van der Waals surface area contributed by atoms with E-state index in [2.05, 4.69) is 5.32 Å². The van der Waals surface area contributed by atoms with Crippen molar-refractivity contribution in [1.29, 1.82) is 0 Å². The number of aliphatic hydroxyl groups is 1. The monoisotopic (exact) mass is 287 g/mol. The molecule has 1 rings (SSSR count). The van der Waals surface area contributed by atoms with Gasteiger partial charge in [-0.15, -0.1) is 0 Å². The first-order valence-corrected chi connectivity index (χ1v) is 6.55. The van der Waals surface area contributed by atoms with Crippen LogP contribution in [-0.4, -0.2) is 57.8 Å². The highest BCUT2D eigenvalue weighted by atomic mass is 16.4. The van der Waals surface area contributed by atoms with Gasteiger partial charge in [0.25, 0.3) is 0 Å². The van der Waals surface area contributed by atoms with Crippen LogP contribution in [0.15, 0.2) is 0 Å². The second-order valence-corrected chi connectivity index (χ2v) is 5.11. The zero-order chi connectivity index (χ0) is 15.4. The van der Waals surface area contributed by atoms with Gasteiger partial charge in [-0.1, -0.05) is 20.3 Å². The number of nitrogens with two attached hydrogens (primary N) is 1. The van der Waals surface area contributed by atoms with Gasteiger partial charge in [0, 0.05) is 13.0 Å². The first kappa shape index (κ1) is 16.2. The van der Waals surface area contributed by atoms with Gasteiger partial charge in [-0.3, -0.25) is 4.79 Å². The molecule has 20 heavy (non-hydrogen) atoms. The molecule has 0 aromatic heterocycles. The van der Waals surface area contributed by atoms with Crippen molar-refractivity contribution in [3.63, 3.8) is 0 Å². The van der Waals surface area contributed by atoms with E-state index in [4.69, 9.17) is 10.8 Å². The van der Waals surface area contributed by atoms with Crippen molar-refractivity contribution in [3.8, 4) is 0 Å². The summed E-state index contributed by atoms with van der Waals surface area (Å²) < 4.78 is 0. The molecule has 0 aliphatic carbocycles. The number of carboxylic acids is 1. The molecule has 4 unspecified atom stereocenters. The SMILES string of the molecule is CCC(C)C(NC(N)=O)C(=O)N1CC(O)CC1C(=O)O. The number of carboxylic acid groups (broad SMARTS) is 1. The lowest BCUT2D eigenvalue weighted by Gasteiger charge is -2.29. The third-order valence-corrected chi connectivity index (χ3v) is 3.62. The number of carbonyl (C=O) groups excluding carboxylic acids is 2. The Morgan fingerprint density at radius 3 is 2.50 bits per heavy atom. The van der Waals surface area contributed by atoms with Gasteiger partial charge in [-0.2, -0.15) is 0 Å². The smallest absolute Gasteiger partial charge is 0.326 e. The van der Waals surface area contributed by atoms with E-state index in [9.17, 15) is 19.5 Å². The van der Waals surface area contributed by atoms with Crippen LogP contribution in [0.4, 0.5) is 4.79 Å². The molecule has 8 nitrogen and oxygen atoms in total. The standard InChI is InChI=1S/C12H21N3O5/c1-3-6(2)9(14-12(13)20)10(17)15-5-7(16)4-8(15)11(18)19/h6-9,16H,3-5H2,1-2H3,(H,18,19)(H3,13,14,20). The van der Waals surface area contributed by atoms with Crippen LogP contribution in [-0.2, 0) is 9.59 Å². The Bertz CT molecular complexity index is 397. The number of hydrogen-bond acceptors (Lipinski definition) is 4. The first-order valence-electron chi connectivity index (χ1n) is 6.55. The molecule has 0 spiro atoms. The number of nitrogens with zero attached hydrogens (tertiary/aromatic N) is 1. The molecule has 0 aromatic carbocycles. The van der Waals surface area contributed by atoms with Gasteiger partial charge >= 0.3 is 12.0 Å². The molecular formula is C12H21N3O5. The molecule has 1 aliphatic heterocycles. The Morgan fingerprint density at radius 1 is 1.45 bits per heavy atom. The summed E-state index contributed by atoms with van der Waals surface area (Å²) in [6, 6.07) is -2.79. The van der Waals surface area contributed by atoms with E-state index in [-0.39, 0.29) is 18.9 Å². The number of hydrogen-bond donors (Lipinski definition) is 4. The van der Waals surface area contributed by atoms with Crippen molar-refractivity contribution in [2.45, 2.75) is 44.9 Å². The van der Waals surface area contributed by atoms with Gasteiger partial charge in [0.2, 0.25) is 5.91 Å². The highest BCUT2D eigenvalue weighted by molar-refractivity contribution is 5.90. The van der Waals surface area contributed by atoms with Crippen LogP contribution in [0.5, 0.6) is 0 Å². The second kappa shape index (κ2) is 6.56. The summed E-state index contributed by atoms with van der Waals surface area (Å²) >= 11 is 0. The highest BCUT2D eigenvalue weighted by Crippen LogP contribution is 2.21. The summed E-state index contributed by atoms with van der Waals surface area (Å²) in [6.45, 7) is 3.56. The van der Waals surface area contributed by atoms with E-state index >= 15 is 0 Å². The minimum Gasteiger partial charge on any atom is -0.480 e. The third-order valence-electron chi connectivity index (χ3n) is 3.62. The number of urea groups is 1. The van der Waals surface area contributed by atoms with E-state index < -0.39 is 36.1 Å². The van der Waals surface area contributed by atoms with Crippen LogP contribution in [0, 0.1) is 5.92 Å². The van der Waals surface area contributed by atoms with E-state index in [0.717, 1.165) is 4.90 Å². The summed E-state index contributed by atoms with van der Waals surface area (Å²) in [5.41, 5.74) is 5.06. The number of likely N-dealkylation sites (tertiary alicyclic amines) is 1. The minimum atomic E-state index is -1.17. The molecule has 0 bridgehead atoms. The lowest BCUT2D eigenvalue weighted by Crippen LogP contribution is -2.55. The molecule has 1 saturated heterocycles. The van der Waals surface area contributed by atoms with Gasteiger partial charge < -0.3 is 26.2 Å². The average Bonchev–Trinajstić information content (AvgIpc) is 2.76. The predicted octanol–water partition coefficient (Wildman–Crippen LogP) is -0.884. The Labute approximate surface area is 116 Å².